The van der Waals surface area contributed by atoms with Crippen LogP contribution in [0.5, 0.6) is 0 Å². The van der Waals surface area contributed by atoms with Gasteiger partial charge in [-0.25, -0.2) is 0 Å². The predicted molar refractivity (Wildman–Crippen MR) is 93.0 cm³/mol. The van der Waals surface area contributed by atoms with Crippen LogP contribution in [0.1, 0.15) is 53.5 Å². The summed E-state index contributed by atoms with van der Waals surface area (Å²) in [6.45, 7) is 4.42. The van der Waals surface area contributed by atoms with Crippen molar-refractivity contribution in [2.45, 2.75) is 33.9 Å². The summed E-state index contributed by atoms with van der Waals surface area (Å²) in [4.78, 5) is 0. The number of halogens is 2. The summed E-state index contributed by atoms with van der Waals surface area (Å²) in [6.07, 6.45) is 7.58. The number of hydrogen-bond acceptors (Lipinski definition) is 0. The van der Waals surface area contributed by atoms with Gasteiger partial charge in [0.15, 0.2) is 0 Å². The van der Waals surface area contributed by atoms with E-state index in [0.29, 0.717) is 0 Å². The average Bonchev–Trinajstić information content (AvgIpc) is 2.98. The van der Waals surface area contributed by atoms with Crippen molar-refractivity contribution < 1.29 is 48.0 Å². The van der Waals surface area contributed by atoms with Gasteiger partial charge in [0.1, 0.15) is 0 Å². The molecule has 1 heterocycles. The molecule has 2 unspecified atom stereocenters. The topological polar surface area (TPSA) is 0 Å². The third-order valence-corrected chi connectivity index (χ3v) is 10.6. The Morgan fingerprint density at radius 2 is 1.16 bits per heavy atom. The summed E-state index contributed by atoms with van der Waals surface area (Å²) >= 11 is -0.583. The van der Waals surface area contributed by atoms with Crippen molar-refractivity contribution in [1.29, 1.82) is 0 Å². The van der Waals surface area contributed by atoms with Crippen molar-refractivity contribution in [2.75, 3.05) is 0 Å². The minimum absolute atomic E-state index is 0. The summed E-state index contributed by atoms with van der Waals surface area (Å²) in [6, 6.07) is 14.2. The van der Waals surface area contributed by atoms with Crippen molar-refractivity contribution in [1.82, 2.24) is 0 Å². The Morgan fingerprint density at radius 3 is 1.60 bits per heavy atom. The van der Waals surface area contributed by atoms with Crippen molar-refractivity contribution in [3.8, 4) is 0 Å². The second-order valence-corrected chi connectivity index (χ2v) is 10.9. The Hall–Kier alpha value is -0.617. The molecule has 0 spiro atoms. The van der Waals surface area contributed by atoms with Gasteiger partial charge in [-0.05, 0) is 0 Å². The van der Waals surface area contributed by atoms with Gasteiger partial charge in [-0.3, -0.25) is 0 Å². The first kappa shape index (κ1) is 19.2. The molecule has 0 bridgehead atoms. The second-order valence-electron chi connectivity index (χ2n) is 7.24. The predicted octanol–water partition coefficient (Wildman–Crippen LogP) is -0.236. The van der Waals surface area contributed by atoms with Gasteiger partial charge in [-0.1, -0.05) is 0 Å². The molecule has 5 rings (SSSR count). The van der Waals surface area contributed by atoms with Gasteiger partial charge in [0.2, 0.25) is 0 Å². The number of hydrogen-bond donors (Lipinski definition) is 0. The van der Waals surface area contributed by atoms with Crippen LogP contribution in [0, 0.1) is 13.8 Å². The number of benzene rings is 2. The number of allylic oxidation sites excluding steroid dienone is 2. The first-order valence-corrected chi connectivity index (χ1v) is 11.4. The normalized spacial score (nSPS) is 21.5. The van der Waals surface area contributed by atoms with E-state index in [0.717, 1.165) is 7.25 Å². The molecule has 126 valence electrons. The van der Waals surface area contributed by atoms with E-state index in [1.807, 2.05) is 0 Å². The van der Waals surface area contributed by atoms with Gasteiger partial charge in [0.05, 0.1) is 0 Å². The third-order valence-electron chi connectivity index (χ3n) is 5.57. The Morgan fingerprint density at radius 1 is 0.720 bits per heavy atom. The van der Waals surface area contributed by atoms with E-state index in [4.69, 9.17) is 0 Å². The number of rotatable bonds is 0. The van der Waals surface area contributed by atoms with Crippen LogP contribution in [0.2, 0.25) is 0 Å². The van der Waals surface area contributed by atoms with Crippen LogP contribution in [0.15, 0.2) is 47.5 Å². The van der Waals surface area contributed by atoms with Crippen LogP contribution < -0.4 is 24.8 Å². The Labute approximate surface area is 174 Å². The van der Waals surface area contributed by atoms with E-state index < -0.39 is 23.2 Å². The fourth-order valence-corrected chi connectivity index (χ4v) is 9.58. The SMILES string of the molecule is Cc1ccc2c(c1)C=C1CCC3=Cc4cc(C)ccc4[CH]3[Zr+2][CH]12.[Cl-].[Cl-]. The van der Waals surface area contributed by atoms with Crippen LogP contribution in [0.4, 0.5) is 0 Å². The largest absolute Gasteiger partial charge is 1.00 e. The summed E-state index contributed by atoms with van der Waals surface area (Å²) in [5.41, 5.74) is 12.6. The molecule has 0 saturated carbocycles. The van der Waals surface area contributed by atoms with Gasteiger partial charge in [-0.15, -0.1) is 0 Å². The smallest absolute Gasteiger partial charge is 1.00 e. The first-order chi connectivity index (χ1) is 11.2. The van der Waals surface area contributed by atoms with Gasteiger partial charge in [0.25, 0.3) is 0 Å². The molecule has 3 heteroatoms. The van der Waals surface area contributed by atoms with Crippen LogP contribution >= 0.6 is 0 Å². The fourth-order valence-electron chi connectivity index (χ4n) is 4.41. The van der Waals surface area contributed by atoms with Crippen LogP contribution in [0.3, 0.4) is 0 Å². The van der Waals surface area contributed by atoms with E-state index in [1.54, 1.807) is 22.3 Å². The molecule has 3 aliphatic rings. The van der Waals surface area contributed by atoms with Gasteiger partial charge < -0.3 is 24.8 Å². The Balaban J connectivity index is 0.000000911. The monoisotopic (exact) mass is 444 g/mol. The molecule has 1 saturated heterocycles. The molecule has 2 aromatic carbocycles. The average molecular weight is 447 g/mol. The van der Waals surface area contributed by atoms with Crippen molar-refractivity contribution in [2.24, 2.45) is 0 Å². The molecular weight excluding hydrogens is 426 g/mol. The van der Waals surface area contributed by atoms with Crippen molar-refractivity contribution in [3.05, 3.63) is 80.9 Å². The molecule has 0 radical (unpaired) electrons. The zero-order valence-corrected chi connectivity index (χ0v) is 18.4. The summed E-state index contributed by atoms with van der Waals surface area (Å²) in [5, 5.41) is 0. The van der Waals surface area contributed by atoms with Gasteiger partial charge >= 0.3 is 150 Å². The third kappa shape index (κ3) is 3.14. The van der Waals surface area contributed by atoms with E-state index in [1.165, 1.54) is 35.1 Å². The standard InChI is InChI=1S/C22H20.2ClH.Zr/c1-15-3-7-19-11-17(13-21(19)9-15)5-6-18-12-20-8-4-16(2)10-22(20)14-18;;;/h3-4,7-14H,5-6H2,1-2H3;2*1H;/q;;;+2/p-2. The molecule has 25 heavy (non-hydrogen) atoms. The molecule has 1 aliphatic heterocycles. The van der Waals surface area contributed by atoms with E-state index >= 15 is 0 Å². The Kier molecular flexibility index (Phi) is 5.50. The Bertz CT molecular complexity index is 821. The maximum absolute atomic E-state index is 2.52. The van der Waals surface area contributed by atoms with Crippen LogP contribution in [-0.2, 0) is 23.2 Å². The molecule has 0 amide bonds. The zero-order valence-electron chi connectivity index (χ0n) is 14.4. The summed E-state index contributed by atoms with van der Waals surface area (Å²) in [5.74, 6) is 0. The molecular formula is C22H20Cl2Zr. The molecule has 0 nitrogen and oxygen atoms in total. The van der Waals surface area contributed by atoms with E-state index in [2.05, 4.69) is 62.4 Å². The number of fused-ring (bicyclic) bond motifs is 6. The zero-order chi connectivity index (χ0) is 15.6. The molecule has 0 aromatic heterocycles. The molecule has 1 fully saturated rings. The van der Waals surface area contributed by atoms with Gasteiger partial charge in [-0.2, -0.15) is 0 Å². The van der Waals surface area contributed by atoms with Crippen molar-refractivity contribution in [3.63, 3.8) is 0 Å². The summed E-state index contributed by atoms with van der Waals surface area (Å²) < 4.78 is 1.61. The molecule has 0 N–H and O–H groups in total. The fraction of sp³-hybridized carbons (Fsp3) is 0.273. The maximum atomic E-state index is 2.52. The minimum atomic E-state index is -0.583. The van der Waals surface area contributed by atoms with E-state index in [9.17, 15) is 0 Å². The second kappa shape index (κ2) is 7.18. The van der Waals surface area contributed by atoms with E-state index in [-0.39, 0.29) is 24.8 Å². The van der Waals surface area contributed by atoms with Crippen molar-refractivity contribution >= 4 is 12.2 Å². The van der Waals surface area contributed by atoms with Gasteiger partial charge in [0, 0.05) is 0 Å². The number of aryl methyl sites for hydroxylation is 2. The maximum Gasteiger partial charge on any atom is -1.00 e. The molecule has 2 aliphatic carbocycles. The summed E-state index contributed by atoms with van der Waals surface area (Å²) in [7, 11) is 0. The molecule has 2 aromatic rings. The molecule has 2 atom stereocenters. The quantitative estimate of drug-likeness (QED) is 0.525. The first-order valence-electron chi connectivity index (χ1n) is 8.57. The minimum Gasteiger partial charge on any atom is -1.00 e. The van der Waals surface area contributed by atoms with Crippen LogP contribution in [0.25, 0.3) is 12.2 Å². The van der Waals surface area contributed by atoms with Crippen LogP contribution in [-0.4, -0.2) is 0 Å².